The summed E-state index contributed by atoms with van der Waals surface area (Å²) in [5.74, 6) is 1.32. The van der Waals surface area contributed by atoms with Gasteiger partial charge >= 0.3 is 0 Å². The summed E-state index contributed by atoms with van der Waals surface area (Å²) < 4.78 is 11.9. The van der Waals surface area contributed by atoms with Gasteiger partial charge in [0.05, 0.1) is 34.5 Å². The Hall–Kier alpha value is -0.940. The smallest absolute Gasteiger partial charge is 0.127 e. The van der Waals surface area contributed by atoms with Gasteiger partial charge in [-0.25, -0.2) is 0 Å². The van der Waals surface area contributed by atoms with Gasteiger partial charge in [0, 0.05) is 5.56 Å². The highest BCUT2D eigenvalue weighted by atomic mass is 35.5. The van der Waals surface area contributed by atoms with E-state index in [2.05, 4.69) is 0 Å². The lowest BCUT2D eigenvalue weighted by Gasteiger charge is -2.18. The number of halogens is 2. The maximum Gasteiger partial charge on any atom is 0.127 e. The first-order valence-corrected chi connectivity index (χ1v) is 7.07. The van der Waals surface area contributed by atoms with Crippen molar-refractivity contribution in [3.63, 3.8) is 0 Å². The van der Waals surface area contributed by atoms with Crippen LogP contribution in [0.3, 0.4) is 0 Å². The molecule has 0 aliphatic heterocycles. The van der Waals surface area contributed by atoms with Gasteiger partial charge in [-0.2, -0.15) is 0 Å². The van der Waals surface area contributed by atoms with Crippen molar-refractivity contribution in [2.45, 2.75) is 6.04 Å². The summed E-state index contributed by atoms with van der Waals surface area (Å²) in [7, 11) is 3.18. The molecule has 1 aromatic carbocycles. The molecule has 0 amide bonds. The Labute approximate surface area is 125 Å². The number of benzene rings is 1. The summed E-state index contributed by atoms with van der Waals surface area (Å²) in [6.45, 7) is 0. The minimum Gasteiger partial charge on any atom is -0.496 e. The van der Waals surface area contributed by atoms with Crippen LogP contribution in [-0.2, 0) is 0 Å². The molecule has 2 rings (SSSR count). The Morgan fingerprint density at radius 2 is 1.74 bits per heavy atom. The second kappa shape index (κ2) is 6.01. The monoisotopic (exact) mass is 317 g/mol. The van der Waals surface area contributed by atoms with Crippen molar-refractivity contribution >= 4 is 34.5 Å². The molecule has 0 aliphatic carbocycles. The molecular weight excluding hydrogens is 305 g/mol. The summed E-state index contributed by atoms with van der Waals surface area (Å²) in [5, 5.41) is 0. The highest BCUT2D eigenvalue weighted by Crippen LogP contribution is 2.41. The quantitative estimate of drug-likeness (QED) is 0.922. The van der Waals surface area contributed by atoms with Crippen LogP contribution in [0.4, 0.5) is 0 Å². The summed E-state index contributed by atoms with van der Waals surface area (Å²) in [6.07, 6.45) is 0. The first kappa shape index (κ1) is 14.5. The predicted molar refractivity (Wildman–Crippen MR) is 79.9 cm³/mol. The fraction of sp³-hybridized carbons (Fsp3) is 0.231. The van der Waals surface area contributed by atoms with Crippen molar-refractivity contribution in [3.8, 4) is 11.5 Å². The zero-order valence-electron chi connectivity index (χ0n) is 10.4. The highest BCUT2D eigenvalue weighted by Gasteiger charge is 2.22. The van der Waals surface area contributed by atoms with E-state index in [4.69, 9.17) is 38.4 Å². The third-order valence-electron chi connectivity index (χ3n) is 2.80. The van der Waals surface area contributed by atoms with Crippen LogP contribution < -0.4 is 15.2 Å². The van der Waals surface area contributed by atoms with E-state index in [0.717, 1.165) is 11.1 Å². The van der Waals surface area contributed by atoms with Crippen LogP contribution in [0, 0.1) is 0 Å². The van der Waals surface area contributed by atoms with Crippen molar-refractivity contribution in [1.29, 1.82) is 0 Å². The van der Waals surface area contributed by atoms with Crippen LogP contribution in [0.1, 0.15) is 17.2 Å². The molecule has 1 unspecified atom stereocenters. The van der Waals surface area contributed by atoms with Gasteiger partial charge < -0.3 is 15.2 Å². The van der Waals surface area contributed by atoms with Gasteiger partial charge in [-0.3, -0.25) is 0 Å². The molecule has 1 aromatic heterocycles. The molecule has 6 heteroatoms. The van der Waals surface area contributed by atoms with Crippen molar-refractivity contribution < 1.29 is 9.47 Å². The Balaban J connectivity index is 2.54. The van der Waals surface area contributed by atoms with Crippen LogP contribution in [-0.4, -0.2) is 14.2 Å². The number of methoxy groups -OCH3 is 2. The Morgan fingerprint density at radius 3 is 2.16 bits per heavy atom. The molecule has 102 valence electrons. The fourth-order valence-electron chi connectivity index (χ4n) is 1.91. The molecule has 0 bridgehead atoms. The van der Waals surface area contributed by atoms with Crippen LogP contribution in [0.15, 0.2) is 24.3 Å². The van der Waals surface area contributed by atoms with Gasteiger partial charge in [0.25, 0.3) is 0 Å². The second-order valence-electron chi connectivity index (χ2n) is 3.83. The second-order valence-corrected chi connectivity index (χ2v) is 6.12. The van der Waals surface area contributed by atoms with Crippen molar-refractivity contribution in [1.82, 2.24) is 0 Å². The Morgan fingerprint density at radius 1 is 1.16 bits per heavy atom. The summed E-state index contributed by atoms with van der Waals surface area (Å²) >= 11 is 13.4. The zero-order valence-corrected chi connectivity index (χ0v) is 12.8. The molecule has 2 N–H and O–H groups in total. The molecule has 0 saturated carbocycles. The number of ether oxygens (including phenoxy) is 2. The van der Waals surface area contributed by atoms with E-state index in [1.807, 2.05) is 18.2 Å². The molecule has 0 spiro atoms. The standard InChI is InChI=1S/C13H13Cl2NO2S/c1-17-8-4-3-5-9(18-2)11(8)12(16)7-6-10(14)19-13(7)15/h3-6,12H,16H2,1-2H3. The van der Waals surface area contributed by atoms with E-state index in [0.29, 0.717) is 20.2 Å². The average molecular weight is 318 g/mol. The average Bonchev–Trinajstić information content (AvgIpc) is 2.75. The largest absolute Gasteiger partial charge is 0.496 e. The lowest BCUT2D eigenvalue weighted by molar-refractivity contribution is 0.382. The van der Waals surface area contributed by atoms with Gasteiger partial charge in [-0.05, 0) is 18.2 Å². The van der Waals surface area contributed by atoms with Gasteiger partial charge in [0.2, 0.25) is 0 Å². The van der Waals surface area contributed by atoms with Crippen molar-refractivity contribution in [3.05, 3.63) is 44.1 Å². The van der Waals surface area contributed by atoms with Crippen LogP contribution >= 0.6 is 34.5 Å². The lowest BCUT2D eigenvalue weighted by Crippen LogP contribution is -2.14. The number of rotatable bonds is 4. The maximum absolute atomic E-state index is 6.29. The SMILES string of the molecule is COc1cccc(OC)c1C(N)c1cc(Cl)sc1Cl. The molecule has 0 saturated heterocycles. The Kier molecular flexibility index (Phi) is 4.58. The lowest BCUT2D eigenvalue weighted by atomic mass is 10.00. The fourth-order valence-corrected chi connectivity index (χ4v) is 3.46. The Bertz CT molecular complexity index is 564. The molecule has 2 aromatic rings. The number of thiophene rings is 1. The van der Waals surface area contributed by atoms with Crippen molar-refractivity contribution in [2.75, 3.05) is 14.2 Å². The normalized spacial score (nSPS) is 12.3. The zero-order chi connectivity index (χ0) is 14.0. The van der Waals surface area contributed by atoms with Gasteiger partial charge in [0.15, 0.2) is 0 Å². The third-order valence-corrected chi connectivity index (χ3v) is 4.31. The first-order valence-electron chi connectivity index (χ1n) is 5.49. The molecule has 0 fully saturated rings. The molecule has 0 radical (unpaired) electrons. The first-order chi connectivity index (χ1) is 9.08. The number of hydrogen-bond donors (Lipinski definition) is 1. The molecular formula is C13H13Cl2NO2S. The summed E-state index contributed by atoms with van der Waals surface area (Å²) in [5.41, 5.74) is 7.80. The maximum atomic E-state index is 6.29. The highest BCUT2D eigenvalue weighted by molar-refractivity contribution is 7.20. The van der Waals surface area contributed by atoms with Crippen LogP contribution in [0.5, 0.6) is 11.5 Å². The summed E-state index contributed by atoms with van der Waals surface area (Å²) in [6, 6.07) is 6.82. The third kappa shape index (κ3) is 2.82. The van der Waals surface area contributed by atoms with Crippen LogP contribution in [0.2, 0.25) is 8.67 Å². The van der Waals surface area contributed by atoms with E-state index in [1.54, 1.807) is 20.3 Å². The topological polar surface area (TPSA) is 44.5 Å². The minimum atomic E-state index is -0.456. The summed E-state index contributed by atoms with van der Waals surface area (Å²) in [4.78, 5) is 0. The molecule has 19 heavy (non-hydrogen) atoms. The van der Waals surface area contributed by atoms with E-state index in [1.165, 1.54) is 11.3 Å². The predicted octanol–water partition coefficient (Wildman–Crippen LogP) is 4.12. The van der Waals surface area contributed by atoms with Gasteiger partial charge in [-0.1, -0.05) is 29.3 Å². The van der Waals surface area contributed by atoms with Crippen LogP contribution in [0.25, 0.3) is 0 Å². The van der Waals surface area contributed by atoms with E-state index >= 15 is 0 Å². The molecule has 3 nitrogen and oxygen atoms in total. The molecule has 1 atom stereocenters. The van der Waals surface area contributed by atoms with Gasteiger partial charge in [0.1, 0.15) is 11.5 Å². The van der Waals surface area contributed by atoms with Crippen molar-refractivity contribution in [2.24, 2.45) is 5.73 Å². The van der Waals surface area contributed by atoms with Gasteiger partial charge in [-0.15, -0.1) is 11.3 Å². The minimum absolute atomic E-state index is 0.456. The number of hydrogen-bond acceptors (Lipinski definition) is 4. The molecule has 1 heterocycles. The van der Waals surface area contributed by atoms with E-state index < -0.39 is 6.04 Å². The number of nitrogens with two attached hydrogens (primary N) is 1. The molecule has 0 aliphatic rings. The van der Waals surface area contributed by atoms with E-state index in [9.17, 15) is 0 Å². The van der Waals surface area contributed by atoms with E-state index in [-0.39, 0.29) is 0 Å².